The van der Waals surface area contributed by atoms with Gasteiger partial charge in [0.25, 0.3) is 5.91 Å². The maximum atomic E-state index is 13.1. The number of benzene rings is 1. The number of carbonyl (C=O) groups is 2. The molecular formula is C20H23N5O2. The standard InChI is InChI=1S/C20H23N5O2/c1-4-5-11-23-18(26)16-17(22(3)20(23)27)21-19-24(14(2)12-25(16)19)13-15-9-7-6-8-10-15/h4-10,12,16-17H,11,13H2,1-3H3/b5-4+. The van der Waals surface area contributed by atoms with Crippen LogP contribution < -0.4 is 0 Å². The fraction of sp³-hybridized carbons (Fsp3) is 0.350. The molecular weight excluding hydrogens is 342 g/mol. The normalized spacial score (nSPS) is 24.6. The van der Waals surface area contributed by atoms with E-state index in [1.54, 1.807) is 11.9 Å². The van der Waals surface area contributed by atoms with Gasteiger partial charge in [-0.05, 0) is 19.4 Å². The Bertz CT molecular complexity index is 860. The summed E-state index contributed by atoms with van der Waals surface area (Å²) < 4.78 is 0. The number of imide groups is 1. The minimum atomic E-state index is -0.510. The zero-order valence-corrected chi connectivity index (χ0v) is 15.7. The molecule has 1 saturated heterocycles. The molecule has 140 valence electrons. The monoisotopic (exact) mass is 365 g/mol. The summed E-state index contributed by atoms with van der Waals surface area (Å²) in [6.45, 7) is 4.84. The lowest BCUT2D eigenvalue weighted by molar-refractivity contribution is -0.136. The third-order valence-corrected chi connectivity index (χ3v) is 5.21. The van der Waals surface area contributed by atoms with E-state index in [2.05, 4.69) is 17.0 Å². The van der Waals surface area contributed by atoms with E-state index in [0.717, 1.165) is 17.2 Å². The van der Waals surface area contributed by atoms with E-state index in [1.165, 1.54) is 4.90 Å². The summed E-state index contributed by atoms with van der Waals surface area (Å²) in [5.41, 5.74) is 2.19. The second-order valence-corrected chi connectivity index (χ2v) is 6.95. The van der Waals surface area contributed by atoms with Crippen molar-refractivity contribution < 1.29 is 9.59 Å². The summed E-state index contributed by atoms with van der Waals surface area (Å²) in [4.78, 5) is 37.3. The summed E-state index contributed by atoms with van der Waals surface area (Å²) in [5.74, 6) is 0.526. The van der Waals surface area contributed by atoms with Crippen LogP contribution in [0.1, 0.15) is 19.4 Å². The number of carbonyl (C=O) groups excluding carboxylic acids is 2. The highest BCUT2D eigenvalue weighted by atomic mass is 16.2. The van der Waals surface area contributed by atoms with Gasteiger partial charge in [0.05, 0.1) is 6.54 Å². The van der Waals surface area contributed by atoms with Gasteiger partial charge < -0.3 is 14.7 Å². The zero-order valence-electron chi connectivity index (χ0n) is 15.7. The smallest absolute Gasteiger partial charge is 0.310 e. The maximum Gasteiger partial charge on any atom is 0.328 e. The molecule has 3 heterocycles. The number of aliphatic imine (C=N–C) groups is 1. The number of urea groups is 1. The number of fused-ring (bicyclic) bond motifs is 3. The third-order valence-electron chi connectivity index (χ3n) is 5.21. The van der Waals surface area contributed by atoms with Gasteiger partial charge in [0.15, 0.2) is 12.2 Å². The van der Waals surface area contributed by atoms with Gasteiger partial charge in [0.2, 0.25) is 5.96 Å². The Balaban J connectivity index is 1.63. The van der Waals surface area contributed by atoms with Crippen LogP contribution in [-0.2, 0) is 11.3 Å². The Morgan fingerprint density at radius 3 is 2.59 bits per heavy atom. The lowest BCUT2D eigenvalue weighted by atomic mass is 10.1. The summed E-state index contributed by atoms with van der Waals surface area (Å²) in [5, 5.41) is 0. The van der Waals surface area contributed by atoms with Crippen LogP contribution in [0.4, 0.5) is 4.79 Å². The molecule has 7 heteroatoms. The van der Waals surface area contributed by atoms with E-state index in [-0.39, 0.29) is 18.5 Å². The average Bonchev–Trinajstić information content (AvgIpc) is 3.17. The number of likely N-dealkylation sites (N-methyl/N-ethyl adjacent to an activating group) is 1. The third kappa shape index (κ3) is 2.70. The van der Waals surface area contributed by atoms with Crippen LogP contribution in [0.2, 0.25) is 0 Å². The first-order chi connectivity index (χ1) is 13.0. The van der Waals surface area contributed by atoms with Crippen molar-refractivity contribution in [3.8, 4) is 0 Å². The van der Waals surface area contributed by atoms with Crippen molar-refractivity contribution >= 4 is 17.9 Å². The number of allylic oxidation sites excluding steroid dienone is 2. The fourth-order valence-corrected chi connectivity index (χ4v) is 3.74. The minimum absolute atomic E-state index is 0.203. The molecule has 2 unspecified atom stereocenters. The van der Waals surface area contributed by atoms with Crippen LogP contribution in [0.3, 0.4) is 0 Å². The second kappa shape index (κ2) is 6.57. The Labute approximate surface area is 158 Å². The Morgan fingerprint density at radius 1 is 1.15 bits per heavy atom. The maximum absolute atomic E-state index is 13.1. The first-order valence-corrected chi connectivity index (χ1v) is 9.08. The van der Waals surface area contributed by atoms with Crippen molar-refractivity contribution in [1.82, 2.24) is 19.6 Å². The number of nitrogens with zero attached hydrogens (tertiary/aromatic N) is 5. The molecule has 4 rings (SSSR count). The summed E-state index contributed by atoms with van der Waals surface area (Å²) >= 11 is 0. The Hall–Kier alpha value is -3.09. The molecule has 0 saturated carbocycles. The van der Waals surface area contributed by atoms with Crippen LogP contribution in [0.25, 0.3) is 0 Å². The second-order valence-electron chi connectivity index (χ2n) is 6.95. The molecule has 0 aliphatic carbocycles. The quantitative estimate of drug-likeness (QED) is 0.768. The molecule has 27 heavy (non-hydrogen) atoms. The van der Waals surface area contributed by atoms with Crippen LogP contribution in [0.5, 0.6) is 0 Å². The molecule has 0 aromatic heterocycles. The molecule has 1 aromatic rings. The van der Waals surface area contributed by atoms with E-state index in [1.807, 2.05) is 55.3 Å². The van der Waals surface area contributed by atoms with Crippen LogP contribution in [-0.4, -0.2) is 63.3 Å². The largest absolute Gasteiger partial charge is 0.328 e. The molecule has 0 bridgehead atoms. The number of hydrogen-bond acceptors (Lipinski definition) is 5. The predicted molar refractivity (Wildman–Crippen MR) is 102 cm³/mol. The van der Waals surface area contributed by atoms with Gasteiger partial charge in [0, 0.05) is 25.5 Å². The lowest BCUT2D eigenvalue weighted by Gasteiger charge is -2.39. The van der Waals surface area contributed by atoms with E-state index < -0.39 is 12.2 Å². The van der Waals surface area contributed by atoms with E-state index >= 15 is 0 Å². The molecule has 3 aliphatic rings. The van der Waals surface area contributed by atoms with Gasteiger partial charge in [-0.2, -0.15) is 0 Å². The SMILES string of the molecule is C/C=C/CN1C(=O)C2C(N=C3N(Cc4ccccc4)C(C)=CN32)N(C)C1=O. The predicted octanol–water partition coefficient (Wildman–Crippen LogP) is 2.20. The van der Waals surface area contributed by atoms with Crippen LogP contribution in [0.15, 0.2) is 59.4 Å². The van der Waals surface area contributed by atoms with Crippen molar-refractivity contribution in [2.45, 2.75) is 32.6 Å². The van der Waals surface area contributed by atoms with Gasteiger partial charge in [-0.15, -0.1) is 0 Å². The zero-order chi connectivity index (χ0) is 19.1. The molecule has 0 radical (unpaired) electrons. The molecule has 3 aliphatic heterocycles. The van der Waals surface area contributed by atoms with Gasteiger partial charge >= 0.3 is 6.03 Å². The number of hydrogen-bond donors (Lipinski definition) is 0. The molecule has 2 atom stereocenters. The number of guanidine groups is 1. The fourth-order valence-electron chi connectivity index (χ4n) is 3.74. The first-order valence-electron chi connectivity index (χ1n) is 9.08. The highest BCUT2D eigenvalue weighted by Crippen LogP contribution is 2.34. The van der Waals surface area contributed by atoms with Gasteiger partial charge in [0.1, 0.15) is 0 Å². The first kappa shape index (κ1) is 17.3. The average molecular weight is 365 g/mol. The van der Waals surface area contributed by atoms with E-state index in [9.17, 15) is 9.59 Å². The summed E-state index contributed by atoms with van der Waals surface area (Å²) in [6.07, 6.45) is 5.12. The van der Waals surface area contributed by atoms with Crippen molar-refractivity contribution in [2.75, 3.05) is 13.6 Å². The lowest BCUT2D eigenvalue weighted by Crippen LogP contribution is -2.64. The van der Waals surface area contributed by atoms with Crippen LogP contribution in [0, 0.1) is 0 Å². The van der Waals surface area contributed by atoms with E-state index in [4.69, 9.17) is 4.99 Å². The van der Waals surface area contributed by atoms with E-state index in [0.29, 0.717) is 6.54 Å². The molecule has 3 amide bonds. The van der Waals surface area contributed by atoms with Gasteiger partial charge in [-0.3, -0.25) is 9.69 Å². The summed E-state index contributed by atoms with van der Waals surface area (Å²) in [7, 11) is 1.71. The highest BCUT2D eigenvalue weighted by molar-refractivity contribution is 6.04. The van der Waals surface area contributed by atoms with Crippen molar-refractivity contribution in [3.63, 3.8) is 0 Å². The van der Waals surface area contributed by atoms with Gasteiger partial charge in [-0.1, -0.05) is 42.5 Å². The van der Waals surface area contributed by atoms with Crippen molar-refractivity contribution in [1.29, 1.82) is 0 Å². The molecule has 1 fully saturated rings. The Morgan fingerprint density at radius 2 is 1.89 bits per heavy atom. The number of amides is 3. The molecule has 1 aromatic carbocycles. The number of rotatable bonds is 4. The highest BCUT2D eigenvalue weighted by Gasteiger charge is 2.53. The van der Waals surface area contributed by atoms with Crippen LogP contribution >= 0.6 is 0 Å². The molecule has 0 spiro atoms. The minimum Gasteiger partial charge on any atom is -0.310 e. The van der Waals surface area contributed by atoms with Gasteiger partial charge in [-0.25, -0.2) is 9.79 Å². The Kier molecular flexibility index (Phi) is 4.22. The molecule has 7 nitrogen and oxygen atoms in total. The topological polar surface area (TPSA) is 59.5 Å². The molecule has 0 N–H and O–H groups in total. The van der Waals surface area contributed by atoms with Crippen molar-refractivity contribution in [2.24, 2.45) is 4.99 Å². The van der Waals surface area contributed by atoms with Crippen molar-refractivity contribution in [3.05, 3.63) is 59.9 Å². The summed E-state index contributed by atoms with van der Waals surface area (Å²) in [6, 6.07) is 9.32.